The molecule has 1 aromatic carbocycles. The zero-order valence-corrected chi connectivity index (χ0v) is 9.65. The highest BCUT2D eigenvalue weighted by molar-refractivity contribution is 5.93. The Bertz CT molecular complexity index is 346. The summed E-state index contributed by atoms with van der Waals surface area (Å²) < 4.78 is 0. The van der Waals surface area contributed by atoms with E-state index in [4.69, 9.17) is 0 Å². The molecular formula is C13H18N2O. The Balaban J connectivity index is 1.84. The summed E-state index contributed by atoms with van der Waals surface area (Å²) in [6.45, 7) is 1.95. The highest BCUT2D eigenvalue weighted by Crippen LogP contribution is 2.09. The molecule has 16 heavy (non-hydrogen) atoms. The number of hydrogen-bond acceptors (Lipinski definition) is 2. The number of amides is 1. The van der Waals surface area contributed by atoms with Crippen molar-refractivity contribution in [2.24, 2.45) is 0 Å². The standard InChI is InChI=1S/C13H18N2O/c1-15(10-8-12-7-9-14-12)13(16)11-5-3-2-4-6-11/h2-6,12,14H,7-10H2,1H3. The summed E-state index contributed by atoms with van der Waals surface area (Å²) in [5.41, 5.74) is 0.770. The van der Waals surface area contributed by atoms with E-state index in [-0.39, 0.29) is 5.91 Å². The van der Waals surface area contributed by atoms with Crippen LogP contribution in [0, 0.1) is 0 Å². The second-order valence-electron chi connectivity index (χ2n) is 4.32. The second kappa shape index (κ2) is 5.12. The molecule has 1 unspecified atom stereocenters. The zero-order valence-electron chi connectivity index (χ0n) is 9.65. The van der Waals surface area contributed by atoms with Gasteiger partial charge in [-0.2, -0.15) is 0 Å². The third-order valence-corrected chi connectivity index (χ3v) is 3.11. The summed E-state index contributed by atoms with van der Waals surface area (Å²) in [5.74, 6) is 0.111. The minimum absolute atomic E-state index is 0.111. The molecule has 0 aliphatic carbocycles. The average molecular weight is 218 g/mol. The molecule has 1 heterocycles. The van der Waals surface area contributed by atoms with Gasteiger partial charge in [0, 0.05) is 25.2 Å². The van der Waals surface area contributed by atoms with Crippen LogP contribution in [0.4, 0.5) is 0 Å². The third-order valence-electron chi connectivity index (χ3n) is 3.11. The molecule has 1 aromatic rings. The summed E-state index contributed by atoms with van der Waals surface area (Å²) in [7, 11) is 1.87. The summed E-state index contributed by atoms with van der Waals surface area (Å²) in [6.07, 6.45) is 2.29. The Morgan fingerprint density at radius 2 is 2.12 bits per heavy atom. The maximum absolute atomic E-state index is 12.0. The van der Waals surface area contributed by atoms with E-state index in [2.05, 4.69) is 5.32 Å². The first-order valence-electron chi connectivity index (χ1n) is 5.81. The van der Waals surface area contributed by atoms with Gasteiger partial charge in [0.05, 0.1) is 0 Å². The fraction of sp³-hybridized carbons (Fsp3) is 0.462. The first kappa shape index (κ1) is 11.1. The number of carbonyl (C=O) groups excluding carboxylic acids is 1. The van der Waals surface area contributed by atoms with E-state index < -0.39 is 0 Å². The van der Waals surface area contributed by atoms with Crippen molar-refractivity contribution < 1.29 is 4.79 Å². The van der Waals surface area contributed by atoms with Crippen LogP contribution in [0.15, 0.2) is 30.3 Å². The fourth-order valence-corrected chi connectivity index (χ4v) is 1.85. The Morgan fingerprint density at radius 3 is 2.69 bits per heavy atom. The lowest BCUT2D eigenvalue weighted by Gasteiger charge is -2.29. The van der Waals surface area contributed by atoms with Crippen molar-refractivity contribution >= 4 is 5.91 Å². The normalized spacial score (nSPS) is 18.9. The van der Waals surface area contributed by atoms with Crippen molar-refractivity contribution in [2.45, 2.75) is 18.9 Å². The molecule has 3 nitrogen and oxygen atoms in total. The number of hydrogen-bond donors (Lipinski definition) is 1. The molecule has 0 saturated carbocycles. The zero-order chi connectivity index (χ0) is 11.4. The SMILES string of the molecule is CN(CCC1CCN1)C(=O)c1ccccc1. The van der Waals surface area contributed by atoms with Gasteiger partial charge in [0.1, 0.15) is 0 Å². The van der Waals surface area contributed by atoms with Gasteiger partial charge >= 0.3 is 0 Å². The van der Waals surface area contributed by atoms with Gasteiger partial charge in [-0.1, -0.05) is 18.2 Å². The Kier molecular flexibility index (Phi) is 3.57. The maximum atomic E-state index is 12.0. The number of carbonyl (C=O) groups is 1. The average Bonchev–Trinajstić information content (AvgIpc) is 2.27. The molecule has 0 radical (unpaired) electrons. The van der Waals surface area contributed by atoms with Gasteiger partial charge in [0.15, 0.2) is 0 Å². The van der Waals surface area contributed by atoms with Crippen LogP contribution >= 0.6 is 0 Å². The molecule has 0 spiro atoms. The van der Waals surface area contributed by atoms with Gasteiger partial charge in [-0.15, -0.1) is 0 Å². The molecule has 86 valence electrons. The van der Waals surface area contributed by atoms with Crippen molar-refractivity contribution in [1.29, 1.82) is 0 Å². The van der Waals surface area contributed by atoms with E-state index in [1.165, 1.54) is 6.42 Å². The molecule has 3 heteroatoms. The molecule has 1 atom stereocenters. The predicted molar refractivity (Wildman–Crippen MR) is 64.4 cm³/mol. The van der Waals surface area contributed by atoms with Gasteiger partial charge in [-0.25, -0.2) is 0 Å². The predicted octanol–water partition coefficient (Wildman–Crippen LogP) is 1.51. The van der Waals surface area contributed by atoms with E-state index in [1.807, 2.05) is 37.4 Å². The molecule has 0 aromatic heterocycles. The van der Waals surface area contributed by atoms with Crippen molar-refractivity contribution in [3.8, 4) is 0 Å². The van der Waals surface area contributed by atoms with Crippen molar-refractivity contribution in [3.05, 3.63) is 35.9 Å². The lowest BCUT2D eigenvalue weighted by atomic mass is 10.0. The van der Waals surface area contributed by atoms with Crippen LogP contribution < -0.4 is 5.32 Å². The lowest BCUT2D eigenvalue weighted by molar-refractivity contribution is 0.0785. The van der Waals surface area contributed by atoms with Gasteiger partial charge in [-0.3, -0.25) is 4.79 Å². The summed E-state index contributed by atoms with van der Waals surface area (Å²) in [5, 5.41) is 3.34. The number of rotatable bonds is 4. The molecule has 2 rings (SSSR count). The monoisotopic (exact) mass is 218 g/mol. The maximum Gasteiger partial charge on any atom is 0.253 e. The quantitative estimate of drug-likeness (QED) is 0.831. The van der Waals surface area contributed by atoms with E-state index >= 15 is 0 Å². The highest BCUT2D eigenvalue weighted by Gasteiger charge is 2.18. The smallest absolute Gasteiger partial charge is 0.253 e. The largest absolute Gasteiger partial charge is 0.342 e. The Hall–Kier alpha value is -1.35. The molecule has 1 aliphatic rings. The second-order valence-corrected chi connectivity index (χ2v) is 4.32. The van der Waals surface area contributed by atoms with Crippen LogP contribution in [0.5, 0.6) is 0 Å². The van der Waals surface area contributed by atoms with E-state index in [0.29, 0.717) is 6.04 Å². The Morgan fingerprint density at radius 1 is 1.44 bits per heavy atom. The van der Waals surface area contributed by atoms with Gasteiger partial charge in [0.25, 0.3) is 5.91 Å². The van der Waals surface area contributed by atoms with Crippen LogP contribution in [0.3, 0.4) is 0 Å². The number of nitrogens with zero attached hydrogens (tertiary/aromatic N) is 1. The first-order valence-corrected chi connectivity index (χ1v) is 5.81. The molecule has 1 aliphatic heterocycles. The highest BCUT2D eigenvalue weighted by atomic mass is 16.2. The minimum Gasteiger partial charge on any atom is -0.342 e. The van der Waals surface area contributed by atoms with Crippen molar-refractivity contribution in [1.82, 2.24) is 10.2 Å². The number of nitrogens with one attached hydrogen (secondary N) is 1. The van der Waals surface area contributed by atoms with Crippen LogP contribution in [0.25, 0.3) is 0 Å². The van der Waals surface area contributed by atoms with Crippen LogP contribution in [0.2, 0.25) is 0 Å². The minimum atomic E-state index is 0.111. The van der Waals surface area contributed by atoms with E-state index in [9.17, 15) is 4.79 Å². The summed E-state index contributed by atoms with van der Waals surface area (Å²) in [6, 6.07) is 10.1. The molecule has 1 fully saturated rings. The Labute approximate surface area is 96.5 Å². The lowest BCUT2D eigenvalue weighted by Crippen LogP contribution is -2.45. The molecular weight excluding hydrogens is 200 g/mol. The van der Waals surface area contributed by atoms with Gasteiger partial charge < -0.3 is 10.2 Å². The third kappa shape index (κ3) is 2.61. The van der Waals surface area contributed by atoms with Gasteiger partial charge in [-0.05, 0) is 31.5 Å². The van der Waals surface area contributed by atoms with Crippen LogP contribution in [-0.4, -0.2) is 37.0 Å². The first-order chi connectivity index (χ1) is 7.77. The van der Waals surface area contributed by atoms with Crippen molar-refractivity contribution in [2.75, 3.05) is 20.1 Å². The molecule has 1 amide bonds. The fourth-order valence-electron chi connectivity index (χ4n) is 1.85. The van der Waals surface area contributed by atoms with Gasteiger partial charge in [0.2, 0.25) is 0 Å². The van der Waals surface area contributed by atoms with Crippen molar-refractivity contribution in [3.63, 3.8) is 0 Å². The van der Waals surface area contributed by atoms with Crippen LogP contribution in [0.1, 0.15) is 23.2 Å². The molecule has 0 bridgehead atoms. The van der Waals surface area contributed by atoms with Crippen LogP contribution in [-0.2, 0) is 0 Å². The summed E-state index contributed by atoms with van der Waals surface area (Å²) in [4.78, 5) is 13.8. The van der Waals surface area contributed by atoms with E-state index in [0.717, 1.165) is 25.1 Å². The van der Waals surface area contributed by atoms with E-state index in [1.54, 1.807) is 4.90 Å². The molecule has 1 saturated heterocycles. The molecule has 1 N–H and O–H groups in total. The topological polar surface area (TPSA) is 32.3 Å². The number of benzene rings is 1. The summed E-state index contributed by atoms with van der Waals surface area (Å²) >= 11 is 0.